The van der Waals surface area contributed by atoms with Gasteiger partial charge in [0, 0.05) is 41.4 Å². The van der Waals surface area contributed by atoms with Crippen LogP contribution in [0.5, 0.6) is 5.75 Å². The Morgan fingerprint density at radius 3 is 2.86 bits per heavy atom. The second kappa shape index (κ2) is 10.1. The fourth-order valence-corrected chi connectivity index (χ4v) is 5.32. The zero-order valence-electron chi connectivity index (χ0n) is 19.3. The Morgan fingerprint density at radius 1 is 1.11 bits per heavy atom. The number of carboxylic acids is 1. The molecule has 6 nitrogen and oxygen atoms in total. The number of aromatic nitrogens is 2. The minimum Gasteiger partial charge on any atom is -0.493 e. The Bertz CT molecular complexity index is 1500. The van der Waals surface area contributed by atoms with Crippen molar-refractivity contribution < 1.29 is 14.6 Å². The number of ether oxygens (including phenoxy) is 1. The third kappa shape index (κ3) is 5.10. The Hall–Kier alpha value is -3.97. The van der Waals surface area contributed by atoms with Crippen LogP contribution in [-0.2, 0) is 11.2 Å². The van der Waals surface area contributed by atoms with Gasteiger partial charge in [-0.05, 0) is 64.4 Å². The number of carbonyl (C=O) groups is 1. The van der Waals surface area contributed by atoms with E-state index in [4.69, 9.17) is 4.74 Å². The van der Waals surface area contributed by atoms with Crippen molar-refractivity contribution in [2.75, 3.05) is 19.0 Å². The first-order valence-corrected chi connectivity index (χ1v) is 12.3. The molecular formula is C28H25N3O3S. The fourth-order valence-electron chi connectivity index (χ4n) is 4.28. The van der Waals surface area contributed by atoms with Gasteiger partial charge in [0.1, 0.15) is 11.6 Å². The highest BCUT2D eigenvalue weighted by atomic mass is 32.1. The number of para-hydroxylation sites is 1. The second-order valence-electron chi connectivity index (χ2n) is 8.32. The Labute approximate surface area is 207 Å². The minimum atomic E-state index is -0.835. The normalized spacial score (nSPS) is 12.0. The first-order chi connectivity index (χ1) is 17.1. The fraction of sp³-hybridized carbons (Fsp3) is 0.179. The third-order valence-electron chi connectivity index (χ3n) is 6.03. The maximum absolute atomic E-state index is 11.8. The molecule has 2 N–H and O–H groups in total. The Kier molecular flexibility index (Phi) is 6.59. The summed E-state index contributed by atoms with van der Waals surface area (Å²) < 4.78 is 7.07. The highest BCUT2D eigenvalue weighted by Gasteiger charge is 2.22. The number of aliphatic carboxylic acids is 1. The molecule has 2 aromatic carbocycles. The van der Waals surface area contributed by atoms with E-state index in [1.807, 2.05) is 73.8 Å². The number of carboxylic acid groups (broad SMARTS) is 1. The summed E-state index contributed by atoms with van der Waals surface area (Å²) in [7, 11) is 1.85. The predicted octanol–water partition coefficient (Wildman–Crippen LogP) is 6.11. The molecule has 1 unspecified atom stereocenters. The summed E-state index contributed by atoms with van der Waals surface area (Å²) in [5.74, 6) is 0.513. The lowest BCUT2D eigenvalue weighted by Gasteiger charge is -2.16. The van der Waals surface area contributed by atoms with E-state index in [1.54, 1.807) is 17.5 Å². The van der Waals surface area contributed by atoms with E-state index in [0.717, 1.165) is 49.4 Å². The second-order valence-corrected chi connectivity index (χ2v) is 9.23. The number of anilines is 1. The van der Waals surface area contributed by atoms with Crippen LogP contribution in [0.4, 0.5) is 5.82 Å². The quantitative estimate of drug-likeness (QED) is 0.263. The molecule has 0 aliphatic rings. The molecule has 5 rings (SSSR count). The van der Waals surface area contributed by atoms with Crippen molar-refractivity contribution in [2.24, 2.45) is 0 Å². The smallest absolute Gasteiger partial charge is 0.304 e. The largest absolute Gasteiger partial charge is 0.493 e. The summed E-state index contributed by atoms with van der Waals surface area (Å²) in [4.78, 5) is 20.9. The van der Waals surface area contributed by atoms with Gasteiger partial charge >= 0.3 is 5.97 Å². The monoisotopic (exact) mass is 483 g/mol. The third-order valence-corrected chi connectivity index (χ3v) is 7.00. The SMILES string of the molecule is CNc1cccc(CCOc2ccc3c(C(CC(=O)O)c4cnc5ccccc5c4)csc3c2)n1. The van der Waals surface area contributed by atoms with E-state index in [2.05, 4.69) is 20.7 Å². The summed E-state index contributed by atoms with van der Waals surface area (Å²) in [5, 5.41) is 16.8. The number of hydrogen-bond acceptors (Lipinski definition) is 6. The molecule has 5 aromatic rings. The average Bonchev–Trinajstić information content (AvgIpc) is 3.30. The maximum Gasteiger partial charge on any atom is 0.304 e. The zero-order valence-corrected chi connectivity index (χ0v) is 20.1. The summed E-state index contributed by atoms with van der Waals surface area (Å²) in [6.45, 7) is 0.522. The van der Waals surface area contributed by atoms with Crippen molar-refractivity contribution in [3.05, 3.63) is 95.1 Å². The average molecular weight is 484 g/mol. The molecule has 0 aliphatic heterocycles. The number of fused-ring (bicyclic) bond motifs is 2. The summed E-state index contributed by atoms with van der Waals surface area (Å²) in [6.07, 6.45) is 2.51. The van der Waals surface area contributed by atoms with Gasteiger partial charge < -0.3 is 15.2 Å². The van der Waals surface area contributed by atoms with Crippen LogP contribution in [0.2, 0.25) is 0 Å². The topological polar surface area (TPSA) is 84.3 Å². The predicted molar refractivity (Wildman–Crippen MR) is 141 cm³/mol. The van der Waals surface area contributed by atoms with Gasteiger partial charge in [-0.3, -0.25) is 9.78 Å². The van der Waals surface area contributed by atoms with Crippen LogP contribution < -0.4 is 10.1 Å². The zero-order chi connectivity index (χ0) is 24.2. The van der Waals surface area contributed by atoms with Gasteiger partial charge in [0.25, 0.3) is 0 Å². The molecule has 7 heteroatoms. The number of benzene rings is 2. The Morgan fingerprint density at radius 2 is 2.00 bits per heavy atom. The van der Waals surface area contributed by atoms with Crippen LogP contribution in [0.25, 0.3) is 21.0 Å². The summed E-state index contributed by atoms with van der Waals surface area (Å²) >= 11 is 1.60. The summed E-state index contributed by atoms with van der Waals surface area (Å²) in [6, 6.07) is 21.8. The van der Waals surface area contributed by atoms with Gasteiger partial charge in [-0.15, -0.1) is 11.3 Å². The molecule has 0 radical (unpaired) electrons. The lowest BCUT2D eigenvalue weighted by atomic mass is 9.88. The number of nitrogens with zero attached hydrogens (tertiary/aromatic N) is 2. The lowest BCUT2D eigenvalue weighted by molar-refractivity contribution is -0.137. The van der Waals surface area contributed by atoms with Gasteiger partial charge in [0.2, 0.25) is 0 Å². The molecule has 3 aromatic heterocycles. The first kappa shape index (κ1) is 22.8. The number of rotatable bonds is 9. The van der Waals surface area contributed by atoms with Crippen LogP contribution in [0.15, 0.2) is 78.3 Å². The molecule has 0 saturated heterocycles. The van der Waals surface area contributed by atoms with Gasteiger partial charge in [0.15, 0.2) is 0 Å². The van der Waals surface area contributed by atoms with Crippen LogP contribution in [0, 0.1) is 0 Å². The van der Waals surface area contributed by atoms with Gasteiger partial charge in [-0.25, -0.2) is 4.98 Å². The molecule has 3 heterocycles. The highest BCUT2D eigenvalue weighted by Crippen LogP contribution is 2.38. The minimum absolute atomic E-state index is 0.00276. The standard InChI is InChI=1S/C28H25N3O3S/c1-29-27-8-4-6-20(31-27)11-12-34-21-9-10-22-24(17-35-26(22)14-21)23(15-28(32)33)19-13-18-5-2-3-7-25(18)30-16-19/h2-10,13-14,16-17,23H,11-12,15H2,1H3,(H,29,31)(H,32,33). The molecule has 0 bridgehead atoms. The number of pyridine rings is 2. The first-order valence-electron chi connectivity index (χ1n) is 11.4. The maximum atomic E-state index is 11.8. The van der Waals surface area contributed by atoms with E-state index in [9.17, 15) is 9.90 Å². The van der Waals surface area contributed by atoms with Crippen LogP contribution in [0.1, 0.15) is 29.2 Å². The van der Waals surface area contributed by atoms with Crippen LogP contribution in [0.3, 0.4) is 0 Å². The van der Waals surface area contributed by atoms with E-state index in [-0.39, 0.29) is 12.3 Å². The van der Waals surface area contributed by atoms with Gasteiger partial charge in [0.05, 0.1) is 18.5 Å². The molecule has 0 aliphatic carbocycles. The molecule has 0 amide bonds. The highest BCUT2D eigenvalue weighted by molar-refractivity contribution is 7.17. The summed E-state index contributed by atoms with van der Waals surface area (Å²) in [5.41, 5.74) is 3.78. The van der Waals surface area contributed by atoms with Crippen molar-refractivity contribution in [3.8, 4) is 5.75 Å². The van der Waals surface area contributed by atoms with Crippen LogP contribution in [-0.4, -0.2) is 34.7 Å². The number of thiophene rings is 1. The molecule has 0 saturated carbocycles. The lowest BCUT2D eigenvalue weighted by Crippen LogP contribution is -2.08. The number of nitrogens with one attached hydrogen (secondary N) is 1. The van der Waals surface area contributed by atoms with Crippen molar-refractivity contribution >= 4 is 44.1 Å². The molecule has 1 atom stereocenters. The van der Waals surface area contributed by atoms with E-state index in [0.29, 0.717) is 13.0 Å². The van der Waals surface area contributed by atoms with E-state index >= 15 is 0 Å². The van der Waals surface area contributed by atoms with Gasteiger partial charge in [-0.1, -0.05) is 24.3 Å². The van der Waals surface area contributed by atoms with Crippen molar-refractivity contribution in [1.29, 1.82) is 0 Å². The molecule has 35 heavy (non-hydrogen) atoms. The van der Waals surface area contributed by atoms with Crippen molar-refractivity contribution in [3.63, 3.8) is 0 Å². The van der Waals surface area contributed by atoms with Gasteiger partial charge in [-0.2, -0.15) is 0 Å². The molecular weight excluding hydrogens is 458 g/mol. The molecule has 0 spiro atoms. The van der Waals surface area contributed by atoms with Crippen LogP contribution >= 0.6 is 11.3 Å². The molecule has 0 fully saturated rings. The van der Waals surface area contributed by atoms with Crippen molar-refractivity contribution in [1.82, 2.24) is 9.97 Å². The molecule has 176 valence electrons. The number of hydrogen-bond donors (Lipinski definition) is 2. The van der Waals surface area contributed by atoms with E-state index in [1.165, 1.54) is 0 Å². The Balaban J connectivity index is 1.38. The van der Waals surface area contributed by atoms with E-state index < -0.39 is 5.97 Å². The van der Waals surface area contributed by atoms with Crippen molar-refractivity contribution in [2.45, 2.75) is 18.8 Å².